The average Bonchev–Trinajstić information content (AvgIpc) is 2.37. The normalized spacial score (nSPS) is 11.6. The molecule has 2 nitrogen and oxygen atoms in total. The van der Waals surface area contributed by atoms with E-state index in [0.717, 1.165) is 0 Å². The van der Waals surface area contributed by atoms with Crippen LogP contribution in [0, 0.1) is 0 Å². The minimum Gasteiger partial charge on any atom is -0.370 e. The fourth-order valence-corrected chi connectivity index (χ4v) is 2.60. The van der Waals surface area contributed by atoms with Crippen molar-refractivity contribution in [2.45, 2.75) is 38.7 Å². The van der Waals surface area contributed by atoms with Gasteiger partial charge in [0.1, 0.15) is 5.60 Å². The van der Waals surface area contributed by atoms with Gasteiger partial charge in [0, 0.05) is 23.6 Å². The van der Waals surface area contributed by atoms with Crippen molar-refractivity contribution >= 4 is 29.0 Å². The van der Waals surface area contributed by atoms with Crippen LogP contribution in [-0.4, -0.2) is 18.5 Å². The van der Waals surface area contributed by atoms with Gasteiger partial charge in [-0.05, 0) is 30.5 Å². The quantitative estimate of drug-likeness (QED) is 0.780. The number of benzene rings is 1. The van der Waals surface area contributed by atoms with Gasteiger partial charge in [0.15, 0.2) is 5.78 Å². The maximum atomic E-state index is 12.4. The Kier molecular flexibility index (Phi) is 5.64. The molecule has 0 aromatic heterocycles. The van der Waals surface area contributed by atoms with Crippen LogP contribution in [0.2, 0.25) is 10.0 Å². The predicted molar refractivity (Wildman–Crippen MR) is 75.5 cm³/mol. The third-order valence-corrected chi connectivity index (χ3v) is 4.15. The molecule has 0 amide bonds. The fraction of sp³-hybridized carbons (Fsp3) is 0.500. The van der Waals surface area contributed by atoms with Gasteiger partial charge in [-0.1, -0.05) is 43.1 Å². The van der Waals surface area contributed by atoms with E-state index in [0.29, 0.717) is 28.5 Å². The number of Topliss-reactive ketones (excluding diaryl/α,β-unsaturated/α-hetero) is 1. The average molecular weight is 289 g/mol. The summed E-state index contributed by atoms with van der Waals surface area (Å²) in [5.41, 5.74) is -0.0585. The van der Waals surface area contributed by atoms with Crippen LogP contribution in [0.4, 0.5) is 0 Å². The van der Waals surface area contributed by atoms with Crippen LogP contribution in [0.3, 0.4) is 0 Å². The van der Waals surface area contributed by atoms with E-state index in [1.807, 2.05) is 13.8 Å². The van der Waals surface area contributed by atoms with Crippen LogP contribution in [0.5, 0.6) is 0 Å². The van der Waals surface area contributed by atoms with Gasteiger partial charge in [0.2, 0.25) is 0 Å². The van der Waals surface area contributed by atoms with Gasteiger partial charge >= 0.3 is 0 Å². The Morgan fingerprint density at radius 1 is 1.22 bits per heavy atom. The summed E-state index contributed by atoms with van der Waals surface area (Å²) in [6, 6.07) is 5.24. The van der Waals surface area contributed by atoms with Crippen molar-refractivity contribution in [3.05, 3.63) is 33.8 Å². The number of ketones is 1. The first-order valence-corrected chi connectivity index (χ1v) is 6.77. The highest BCUT2D eigenvalue weighted by atomic mass is 35.5. The number of carbonyl (C=O) groups excluding carboxylic acids is 1. The minimum absolute atomic E-state index is 0.0185. The Balaban J connectivity index is 3.00. The lowest BCUT2D eigenvalue weighted by Gasteiger charge is -2.28. The summed E-state index contributed by atoms with van der Waals surface area (Å²) in [6.45, 7) is 3.89. The van der Waals surface area contributed by atoms with Crippen LogP contribution in [0.15, 0.2) is 18.2 Å². The van der Waals surface area contributed by atoms with Gasteiger partial charge in [-0.3, -0.25) is 4.79 Å². The van der Waals surface area contributed by atoms with Crippen molar-refractivity contribution < 1.29 is 9.53 Å². The first kappa shape index (κ1) is 15.5. The molecule has 4 heteroatoms. The number of hydrogen-bond donors (Lipinski definition) is 0. The van der Waals surface area contributed by atoms with Gasteiger partial charge in [0.05, 0.1) is 0 Å². The molecule has 0 bridgehead atoms. The SMILES string of the molecule is CCC(CC)(OC)C(=O)Cc1c(Cl)cccc1Cl. The molecule has 0 fully saturated rings. The molecule has 0 unspecified atom stereocenters. The molecule has 0 aliphatic carbocycles. The molecule has 18 heavy (non-hydrogen) atoms. The Morgan fingerprint density at radius 3 is 2.11 bits per heavy atom. The number of hydrogen-bond acceptors (Lipinski definition) is 2. The van der Waals surface area contributed by atoms with Crippen molar-refractivity contribution in [2.75, 3.05) is 7.11 Å². The maximum Gasteiger partial charge on any atom is 0.169 e. The minimum atomic E-state index is -0.734. The van der Waals surface area contributed by atoms with Crippen LogP contribution in [0.25, 0.3) is 0 Å². The molecule has 0 N–H and O–H groups in total. The highest BCUT2D eigenvalue weighted by Crippen LogP contribution is 2.29. The third kappa shape index (κ3) is 3.05. The number of ether oxygens (including phenoxy) is 1. The van der Waals surface area contributed by atoms with Crippen molar-refractivity contribution in [2.24, 2.45) is 0 Å². The number of carbonyl (C=O) groups is 1. The summed E-state index contributed by atoms with van der Waals surface area (Å²) in [6.07, 6.45) is 1.48. The van der Waals surface area contributed by atoms with E-state index in [1.165, 1.54) is 0 Å². The lowest BCUT2D eigenvalue weighted by molar-refractivity contribution is -0.141. The summed E-state index contributed by atoms with van der Waals surface area (Å²) in [4.78, 5) is 12.4. The molecule has 0 atom stereocenters. The Hall–Kier alpha value is -0.570. The number of halogens is 2. The van der Waals surface area contributed by atoms with Crippen molar-refractivity contribution in [1.29, 1.82) is 0 Å². The molecular formula is C14H18Cl2O2. The first-order valence-electron chi connectivity index (χ1n) is 6.02. The van der Waals surface area contributed by atoms with Crippen LogP contribution >= 0.6 is 23.2 Å². The number of rotatable bonds is 6. The molecule has 1 rings (SSSR count). The van der Waals surface area contributed by atoms with Gasteiger partial charge in [-0.2, -0.15) is 0 Å². The lowest BCUT2D eigenvalue weighted by atomic mass is 9.88. The highest BCUT2D eigenvalue weighted by molar-refractivity contribution is 6.36. The Bertz CT molecular complexity index is 397. The smallest absolute Gasteiger partial charge is 0.169 e. The molecule has 0 saturated heterocycles. The van der Waals surface area contributed by atoms with E-state index in [1.54, 1.807) is 25.3 Å². The van der Waals surface area contributed by atoms with Gasteiger partial charge in [-0.15, -0.1) is 0 Å². The molecule has 1 aromatic carbocycles. The molecule has 0 aliphatic rings. The lowest BCUT2D eigenvalue weighted by Crippen LogP contribution is -2.40. The third-order valence-electron chi connectivity index (χ3n) is 3.44. The van der Waals surface area contributed by atoms with Gasteiger partial charge < -0.3 is 4.74 Å². The topological polar surface area (TPSA) is 26.3 Å². The standard InChI is InChI=1S/C14H18Cl2O2/c1-4-14(5-2,18-3)13(17)9-10-11(15)7-6-8-12(10)16/h6-8H,4-5,9H2,1-3H3. The second kappa shape index (κ2) is 6.55. The second-order valence-corrected chi connectivity index (χ2v) is 5.02. The van der Waals surface area contributed by atoms with E-state index in [9.17, 15) is 4.79 Å². The summed E-state index contributed by atoms with van der Waals surface area (Å²) in [5, 5.41) is 1.04. The van der Waals surface area contributed by atoms with Crippen molar-refractivity contribution in [3.63, 3.8) is 0 Å². The zero-order valence-electron chi connectivity index (χ0n) is 10.9. The van der Waals surface area contributed by atoms with E-state index < -0.39 is 5.60 Å². The van der Waals surface area contributed by atoms with Crippen molar-refractivity contribution in [3.8, 4) is 0 Å². The second-order valence-electron chi connectivity index (χ2n) is 4.21. The summed E-state index contributed by atoms with van der Waals surface area (Å²) in [5.74, 6) is 0.0185. The molecular weight excluding hydrogens is 271 g/mol. The zero-order chi connectivity index (χ0) is 13.8. The molecule has 1 aromatic rings. The number of methoxy groups -OCH3 is 1. The molecule has 0 saturated carbocycles. The fourth-order valence-electron chi connectivity index (χ4n) is 2.07. The first-order chi connectivity index (χ1) is 8.50. The van der Waals surface area contributed by atoms with Crippen LogP contribution < -0.4 is 0 Å². The van der Waals surface area contributed by atoms with Gasteiger partial charge in [-0.25, -0.2) is 0 Å². The molecule has 0 radical (unpaired) electrons. The van der Waals surface area contributed by atoms with E-state index in [-0.39, 0.29) is 12.2 Å². The summed E-state index contributed by atoms with van der Waals surface area (Å²) >= 11 is 12.2. The highest BCUT2D eigenvalue weighted by Gasteiger charge is 2.34. The zero-order valence-corrected chi connectivity index (χ0v) is 12.4. The predicted octanol–water partition coefficient (Wildman–Crippen LogP) is 4.31. The molecule has 0 spiro atoms. The monoisotopic (exact) mass is 288 g/mol. The Labute approximate surface area is 118 Å². The molecule has 0 heterocycles. The molecule has 0 aliphatic heterocycles. The van der Waals surface area contributed by atoms with E-state index >= 15 is 0 Å². The van der Waals surface area contributed by atoms with E-state index in [4.69, 9.17) is 27.9 Å². The van der Waals surface area contributed by atoms with Crippen LogP contribution in [0.1, 0.15) is 32.3 Å². The largest absolute Gasteiger partial charge is 0.370 e. The van der Waals surface area contributed by atoms with Crippen molar-refractivity contribution in [1.82, 2.24) is 0 Å². The van der Waals surface area contributed by atoms with Crippen LogP contribution in [-0.2, 0) is 16.0 Å². The van der Waals surface area contributed by atoms with E-state index in [2.05, 4.69) is 0 Å². The molecule has 100 valence electrons. The maximum absolute atomic E-state index is 12.4. The Morgan fingerprint density at radius 2 is 1.72 bits per heavy atom. The summed E-state index contributed by atoms with van der Waals surface area (Å²) < 4.78 is 5.41. The van der Waals surface area contributed by atoms with Gasteiger partial charge in [0.25, 0.3) is 0 Å². The summed E-state index contributed by atoms with van der Waals surface area (Å²) in [7, 11) is 1.57.